The molecule has 0 spiro atoms. The van der Waals surface area contributed by atoms with E-state index in [0.29, 0.717) is 29.4 Å². The molecular formula is C16H24N2O6S. The number of nitrogens with zero attached hydrogens (tertiary/aromatic N) is 1. The van der Waals surface area contributed by atoms with Gasteiger partial charge in [0.05, 0.1) is 39.4 Å². The summed E-state index contributed by atoms with van der Waals surface area (Å²) in [5.74, 6) is 1.34. The van der Waals surface area contributed by atoms with E-state index in [-0.39, 0.29) is 30.0 Å². The zero-order chi connectivity index (χ0) is 18.6. The van der Waals surface area contributed by atoms with E-state index in [1.165, 1.54) is 21.3 Å². The molecule has 1 atom stereocenters. The fourth-order valence-electron chi connectivity index (χ4n) is 2.83. The van der Waals surface area contributed by atoms with Gasteiger partial charge in [0.1, 0.15) is 0 Å². The van der Waals surface area contributed by atoms with Crippen molar-refractivity contribution in [2.45, 2.75) is 12.5 Å². The van der Waals surface area contributed by atoms with Gasteiger partial charge in [0, 0.05) is 23.9 Å². The molecule has 1 aromatic carbocycles. The van der Waals surface area contributed by atoms with E-state index in [1.54, 1.807) is 24.1 Å². The molecule has 1 fully saturated rings. The number of rotatable bonds is 7. The summed E-state index contributed by atoms with van der Waals surface area (Å²) in [6, 6.07) is 3.15. The van der Waals surface area contributed by atoms with Crippen molar-refractivity contribution in [2.24, 2.45) is 0 Å². The maximum absolute atomic E-state index is 12.3. The lowest BCUT2D eigenvalue weighted by molar-refractivity contribution is -0.117. The number of amides is 1. The van der Waals surface area contributed by atoms with E-state index in [9.17, 15) is 13.2 Å². The van der Waals surface area contributed by atoms with Crippen molar-refractivity contribution in [1.29, 1.82) is 0 Å². The van der Waals surface area contributed by atoms with Gasteiger partial charge in [0.25, 0.3) is 0 Å². The first kappa shape index (κ1) is 19.3. The minimum absolute atomic E-state index is 0.0941. The van der Waals surface area contributed by atoms with Gasteiger partial charge in [-0.15, -0.1) is 0 Å². The summed E-state index contributed by atoms with van der Waals surface area (Å²) in [5.41, 5.74) is 0.506. The Bertz CT molecular complexity index is 709. The molecule has 9 heteroatoms. The quantitative estimate of drug-likeness (QED) is 0.755. The largest absolute Gasteiger partial charge is 0.493 e. The predicted molar refractivity (Wildman–Crippen MR) is 94.4 cm³/mol. The Morgan fingerprint density at radius 1 is 1.20 bits per heavy atom. The van der Waals surface area contributed by atoms with Crippen LogP contribution in [0.5, 0.6) is 17.2 Å². The Balaban J connectivity index is 2.05. The molecular weight excluding hydrogens is 348 g/mol. The fraction of sp³-hybridized carbons (Fsp3) is 0.562. The Kier molecular flexibility index (Phi) is 6.12. The lowest BCUT2D eigenvalue weighted by Crippen LogP contribution is -2.38. The molecule has 1 aromatic rings. The smallest absolute Gasteiger partial charge is 0.238 e. The van der Waals surface area contributed by atoms with Gasteiger partial charge < -0.3 is 19.5 Å². The third-order valence-electron chi connectivity index (χ3n) is 4.17. The zero-order valence-corrected chi connectivity index (χ0v) is 15.7. The normalized spacial score (nSPS) is 18.8. The summed E-state index contributed by atoms with van der Waals surface area (Å²) >= 11 is 0. The maximum Gasteiger partial charge on any atom is 0.238 e. The molecule has 1 aliphatic rings. The van der Waals surface area contributed by atoms with E-state index in [4.69, 9.17) is 14.2 Å². The highest BCUT2D eigenvalue weighted by Gasteiger charge is 2.31. The first-order chi connectivity index (χ1) is 11.8. The summed E-state index contributed by atoms with van der Waals surface area (Å²) in [7, 11) is 3.27. The average Bonchev–Trinajstić information content (AvgIpc) is 2.93. The van der Waals surface area contributed by atoms with Crippen LogP contribution in [-0.4, -0.2) is 71.7 Å². The van der Waals surface area contributed by atoms with Crippen molar-refractivity contribution in [3.63, 3.8) is 0 Å². The molecule has 0 aromatic heterocycles. The van der Waals surface area contributed by atoms with Crippen LogP contribution in [0.3, 0.4) is 0 Å². The number of sulfone groups is 1. The Hall–Kier alpha value is -2.00. The van der Waals surface area contributed by atoms with Crippen LogP contribution in [0.15, 0.2) is 12.1 Å². The van der Waals surface area contributed by atoms with Gasteiger partial charge in [-0.25, -0.2) is 8.42 Å². The molecule has 1 saturated heterocycles. The van der Waals surface area contributed by atoms with Crippen LogP contribution in [0.2, 0.25) is 0 Å². The summed E-state index contributed by atoms with van der Waals surface area (Å²) in [5, 5.41) is 2.77. The minimum Gasteiger partial charge on any atom is -0.493 e. The second-order valence-corrected chi connectivity index (χ2v) is 8.16. The van der Waals surface area contributed by atoms with Crippen LogP contribution >= 0.6 is 0 Å². The Labute approximate surface area is 148 Å². The van der Waals surface area contributed by atoms with E-state index < -0.39 is 9.84 Å². The molecule has 1 unspecified atom stereocenters. The number of hydrogen-bond acceptors (Lipinski definition) is 7. The number of methoxy groups -OCH3 is 3. The van der Waals surface area contributed by atoms with Crippen LogP contribution in [0.4, 0.5) is 5.69 Å². The molecule has 1 amide bonds. The minimum atomic E-state index is -2.98. The number of hydrogen-bond donors (Lipinski definition) is 1. The molecule has 0 saturated carbocycles. The second-order valence-electron chi connectivity index (χ2n) is 5.93. The van der Waals surface area contributed by atoms with Gasteiger partial charge in [0.2, 0.25) is 11.7 Å². The maximum atomic E-state index is 12.3. The molecule has 1 heterocycles. The van der Waals surface area contributed by atoms with Gasteiger partial charge in [-0.2, -0.15) is 0 Å². The topological polar surface area (TPSA) is 94.2 Å². The number of likely N-dealkylation sites (N-methyl/N-ethyl adjacent to an activating group) is 1. The van der Waals surface area contributed by atoms with Gasteiger partial charge in [0.15, 0.2) is 21.3 Å². The van der Waals surface area contributed by atoms with Crippen molar-refractivity contribution < 1.29 is 27.4 Å². The molecule has 0 bridgehead atoms. The van der Waals surface area contributed by atoms with Crippen LogP contribution < -0.4 is 19.5 Å². The van der Waals surface area contributed by atoms with Gasteiger partial charge in [-0.3, -0.25) is 9.69 Å². The zero-order valence-electron chi connectivity index (χ0n) is 14.9. The molecule has 8 nitrogen and oxygen atoms in total. The number of carbonyl (C=O) groups is 1. The van der Waals surface area contributed by atoms with Crippen molar-refractivity contribution in [3.05, 3.63) is 12.1 Å². The van der Waals surface area contributed by atoms with Crippen LogP contribution in [0, 0.1) is 0 Å². The molecule has 0 radical (unpaired) electrons. The molecule has 0 aliphatic carbocycles. The highest BCUT2D eigenvalue weighted by atomic mass is 32.2. The van der Waals surface area contributed by atoms with Crippen LogP contribution in [-0.2, 0) is 14.6 Å². The van der Waals surface area contributed by atoms with E-state index in [2.05, 4.69) is 5.32 Å². The third-order valence-corrected chi connectivity index (χ3v) is 5.92. The number of carbonyl (C=O) groups excluding carboxylic acids is 1. The Morgan fingerprint density at radius 3 is 2.24 bits per heavy atom. The highest BCUT2D eigenvalue weighted by Crippen LogP contribution is 2.39. The lowest BCUT2D eigenvalue weighted by atomic mass is 10.2. The highest BCUT2D eigenvalue weighted by molar-refractivity contribution is 7.91. The number of ether oxygens (including phenoxy) is 3. The molecule has 140 valence electrons. The van der Waals surface area contributed by atoms with Gasteiger partial charge >= 0.3 is 0 Å². The summed E-state index contributed by atoms with van der Waals surface area (Å²) in [4.78, 5) is 14.0. The predicted octanol–water partition coefficient (Wildman–Crippen LogP) is 0.770. The summed E-state index contributed by atoms with van der Waals surface area (Å²) in [6.45, 7) is 0.0941. The van der Waals surface area contributed by atoms with E-state index in [0.717, 1.165) is 0 Å². The number of benzene rings is 1. The first-order valence-electron chi connectivity index (χ1n) is 7.80. The van der Waals surface area contributed by atoms with Crippen LogP contribution in [0.25, 0.3) is 0 Å². The molecule has 1 N–H and O–H groups in total. The van der Waals surface area contributed by atoms with Crippen LogP contribution in [0.1, 0.15) is 6.42 Å². The average molecular weight is 372 g/mol. The van der Waals surface area contributed by atoms with Gasteiger partial charge in [-0.1, -0.05) is 0 Å². The lowest BCUT2D eigenvalue weighted by Gasteiger charge is -2.22. The fourth-order valence-corrected chi connectivity index (χ4v) is 4.64. The molecule has 2 rings (SSSR count). The van der Waals surface area contributed by atoms with Crippen molar-refractivity contribution >= 4 is 21.4 Å². The number of anilines is 1. The molecule has 1 aliphatic heterocycles. The monoisotopic (exact) mass is 372 g/mol. The van der Waals surface area contributed by atoms with Crippen molar-refractivity contribution in [1.82, 2.24) is 4.90 Å². The number of nitrogens with one attached hydrogen (secondary N) is 1. The summed E-state index contributed by atoms with van der Waals surface area (Å²) < 4.78 is 38.9. The first-order valence-corrected chi connectivity index (χ1v) is 9.62. The van der Waals surface area contributed by atoms with Crippen molar-refractivity contribution in [3.8, 4) is 17.2 Å². The Morgan fingerprint density at radius 2 is 1.80 bits per heavy atom. The molecule has 25 heavy (non-hydrogen) atoms. The van der Waals surface area contributed by atoms with E-state index >= 15 is 0 Å². The van der Waals surface area contributed by atoms with E-state index in [1.807, 2.05) is 0 Å². The SMILES string of the molecule is COc1cc(NC(=O)CN(C)C2CCS(=O)(=O)C2)cc(OC)c1OC. The standard InChI is InChI=1S/C16H24N2O6S/c1-18(12-5-6-25(20,21)10-12)9-15(19)17-11-7-13(22-2)16(24-4)14(8-11)23-3/h7-8,12H,5-6,9-10H2,1-4H3,(H,17,19). The van der Waals surface area contributed by atoms with Crippen molar-refractivity contribution in [2.75, 3.05) is 51.7 Å². The third kappa shape index (κ3) is 4.76. The summed E-state index contributed by atoms with van der Waals surface area (Å²) in [6.07, 6.45) is 0.552. The van der Waals surface area contributed by atoms with Gasteiger partial charge in [-0.05, 0) is 13.5 Å². The second kappa shape index (κ2) is 7.92.